The number of halogens is 3. The van der Waals surface area contributed by atoms with Crippen LogP contribution >= 0.6 is 23.2 Å². The van der Waals surface area contributed by atoms with Crippen LogP contribution in [0.1, 0.15) is 41.3 Å². The SMILES string of the molecule is CCCC1CN(C(Cc2ccc(Cl)cc2Cl)C(=O)NC)CCN1C(=O)C(Cc1ccc(F)cc1)NC(=O)c1ccncc1. The summed E-state index contributed by atoms with van der Waals surface area (Å²) in [5.74, 6) is -1.13. The first-order valence-electron chi connectivity index (χ1n) is 14.4. The Hall–Kier alpha value is -3.53. The second-order valence-corrected chi connectivity index (χ2v) is 11.5. The van der Waals surface area contributed by atoms with Crippen LogP contribution in [0.4, 0.5) is 4.39 Å². The zero-order chi connectivity index (χ0) is 30.9. The Labute approximate surface area is 261 Å². The fourth-order valence-electron chi connectivity index (χ4n) is 5.48. The third kappa shape index (κ3) is 8.53. The van der Waals surface area contributed by atoms with Crippen LogP contribution in [0.3, 0.4) is 0 Å². The molecule has 0 saturated carbocycles. The van der Waals surface area contributed by atoms with Gasteiger partial charge in [-0.3, -0.25) is 24.3 Å². The number of carbonyl (C=O) groups excluding carboxylic acids is 3. The van der Waals surface area contributed by atoms with Crippen LogP contribution in [0.15, 0.2) is 67.0 Å². The van der Waals surface area contributed by atoms with Gasteiger partial charge in [-0.05, 0) is 60.4 Å². The summed E-state index contributed by atoms with van der Waals surface area (Å²) in [7, 11) is 1.60. The molecule has 3 atom stereocenters. The molecule has 0 aliphatic carbocycles. The van der Waals surface area contributed by atoms with Gasteiger partial charge in [-0.15, -0.1) is 0 Å². The van der Waals surface area contributed by atoms with E-state index in [2.05, 4.69) is 20.5 Å². The van der Waals surface area contributed by atoms with Gasteiger partial charge in [-0.1, -0.05) is 54.7 Å². The molecule has 1 fully saturated rings. The Morgan fingerprint density at radius 2 is 1.74 bits per heavy atom. The van der Waals surface area contributed by atoms with Crippen LogP contribution in [-0.4, -0.2) is 77.3 Å². The lowest BCUT2D eigenvalue weighted by atomic mass is 9.98. The number of piperazine rings is 1. The second-order valence-electron chi connectivity index (χ2n) is 10.6. The normalized spacial score (nSPS) is 16.8. The molecule has 0 radical (unpaired) electrons. The first kappa shape index (κ1) is 32.4. The Kier molecular flexibility index (Phi) is 11.5. The van der Waals surface area contributed by atoms with Crippen molar-refractivity contribution in [2.75, 3.05) is 26.7 Å². The van der Waals surface area contributed by atoms with E-state index in [4.69, 9.17) is 23.2 Å². The number of rotatable bonds is 11. The highest BCUT2D eigenvalue weighted by Crippen LogP contribution is 2.26. The molecule has 1 aromatic heterocycles. The summed E-state index contributed by atoms with van der Waals surface area (Å²) >= 11 is 12.5. The van der Waals surface area contributed by atoms with Crippen molar-refractivity contribution in [1.82, 2.24) is 25.4 Å². The molecule has 0 bridgehead atoms. The molecule has 11 heteroatoms. The van der Waals surface area contributed by atoms with Crippen LogP contribution in [-0.2, 0) is 22.4 Å². The van der Waals surface area contributed by atoms with Crippen molar-refractivity contribution >= 4 is 40.9 Å². The molecule has 228 valence electrons. The molecule has 8 nitrogen and oxygen atoms in total. The summed E-state index contributed by atoms with van der Waals surface area (Å²) in [6, 6.07) is 12.8. The first-order valence-corrected chi connectivity index (χ1v) is 15.1. The number of hydrogen-bond donors (Lipinski definition) is 2. The van der Waals surface area contributed by atoms with Gasteiger partial charge in [0.1, 0.15) is 11.9 Å². The largest absolute Gasteiger partial charge is 0.358 e. The molecular weight excluding hydrogens is 592 g/mol. The maximum Gasteiger partial charge on any atom is 0.252 e. The van der Waals surface area contributed by atoms with Crippen molar-refractivity contribution in [3.63, 3.8) is 0 Å². The number of amides is 3. The van der Waals surface area contributed by atoms with Gasteiger partial charge in [0, 0.05) is 67.1 Å². The number of aromatic nitrogens is 1. The van der Waals surface area contributed by atoms with Crippen molar-refractivity contribution < 1.29 is 18.8 Å². The Bertz CT molecular complexity index is 1410. The van der Waals surface area contributed by atoms with E-state index >= 15 is 0 Å². The van der Waals surface area contributed by atoms with E-state index in [0.29, 0.717) is 48.1 Å². The van der Waals surface area contributed by atoms with Crippen molar-refractivity contribution in [3.8, 4) is 0 Å². The van der Waals surface area contributed by atoms with Gasteiger partial charge in [-0.25, -0.2) is 4.39 Å². The summed E-state index contributed by atoms with van der Waals surface area (Å²) in [6.07, 6.45) is 5.15. The van der Waals surface area contributed by atoms with Gasteiger partial charge in [0.25, 0.3) is 5.91 Å². The average Bonchev–Trinajstić information content (AvgIpc) is 3.01. The van der Waals surface area contributed by atoms with Gasteiger partial charge >= 0.3 is 0 Å². The van der Waals surface area contributed by atoms with Gasteiger partial charge in [-0.2, -0.15) is 0 Å². The minimum Gasteiger partial charge on any atom is -0.358 e. The van der Waals surface area contributed by atoms with Crippen LogP contribution in [0.25, 0.3) is 0 Å². The summed E-state index contributed by atoms with van der Waals surface area (Å²) in [5.41, 5.74) is 1.92. The van der Waals surface area contributed by atoms with Crippen molar-refractivity contribution in [1.29, 1.82) is 0 Å². The number of benzene rings is 2. The predicted molar refractivity (Wildman–Crippen MR) is 166 cm³/mol. The third-order valence-electron chi connectivity index (χ3n) is 7.74. The van der Waals surface area contributed by atoms with Gasteiger partial charge in [0.05, 0.1) is 6.04 Å². The van der Waals surface area contributed by atoms with Crippen LogP contribution < -0.4 is 10.6 Å². The lowest BCUT2D eigenvalue weighted by Crippen LogP contribution is -2.63. The topological polar surface area (TPSA) is 94.6 Å². The first-order chi connectivity index (χ1) is 20.7. The Balaban J connectivity index is 1.56. The zero-order valence-corrected chi connectivity index (χ0v) is 25.7. The van der Waals surface area contributed by atoms with E-state index in [0.717, 1.165) is 17.5 Å². The summed E-state index contributed by atoms with van der Waals surface area (Å²) < 4.78 is 13.6. The molecule has 2 N–H and O–H groups in total. The lowest BCUT2D eigenvalue weighted by Gasteiger charge is -2.45. The molecule has 3 amide bonds. The van der Waals surface area contributed by atoms with Crippen LogP contribution in [0, 0.1) is 5.82 Å². The number of likely N-dealkylation sites (N-methyl/N-ethyl adjacent to an activating group) is 1. The summed E-state index contributed by atoms with van der Waals surface area (Å²) in [5, 5.41) is 6.69. The molecule has 2 heterocycles. The maximum absolute atomic E-state index is 14.2. The highest BCUT2D eigenvalue weighted by Gasteiger charge is 2.38. The summed E-state index contributed by atoms with van der Waals surface area (Å²) in [4.78, 5) is 48.2. The number of carbonyl (C=O) groups is 3. The Morgan fingerprint density at radius 3 is 2.40 bits per heavy atom. The van der Waals surface area contributed by atoms with Gasteiger partial charge in [0.2, 0.25) is 11.8 Å². The van der Waals surface area contributed by atoms with E-state index in [-0.39, 0.29) is 30.1 Å². The highest BCUT2D eigenvalue weighted by atomic mass is 35.5. The molecule has 3 unspecified atom stereocenters. The monoisotopic (exact) mass is 627 g/mol. The fraction of sp³-hybridized carbons (Fsp3) is 0.375. The molecular formula is C32H36Cl2FN5O3. The van der Waals surface area contributed by atoms with Crippen LogP contribution in [0.5, 0.6) is 0 Å². The molecule has 43 heavy (non-hydrogen) atoms. The third-order valence-corrected chi connectivity index (χ3v) is 8.32. The number of pyridine rings is 1. The zero-order valence-electron chi connectivity index (χ0n) is 24.2. The van der Waals surface area contributed by atoms with Crippen molar-refractivity contribution in [2.24, 2.45) is 0 Å². The molecule has 4 rings (SSSR count). The Morgan fingerprint density at radius 1 is 1.02 bits per heavy atom. The van der Waals surface area contributed by atoms with E-state index < -0.39 is 18.0 Å². The molecule has 1 saturated heterocycles. The van der Waals surface area contributed by atoms with Gasteiger partial charge < -0.3 is 15.5 Å². The fourth-order valence-corrected chi connectivity index (χ4v) is 5.97. The number of nitrogens with zero attached hydrogens (tertiary/aromatic N) is 3. The standard InChI is InChI=1S/C32H36Cl2FN5O3/c1-3-4-26-20-39(29(31(42)36-2)18-23-7-8-24(33)19-27(23)34)15-16-40(26)32(43)28(17-21-5-9-25(35)10-6-21)38-30(41)22-11-13-37-14-12-22/h5-14,19,26,28-29H,3-4,15-18,20H2,1-2H3,(H,36,42)(H,38,41). The van der Waals surface area contributed by atoms with Crippen molar-refractivity contribution in [3.05, 3.63) is 99.5 Å². The van der Waals surface area contributed by atoms with Crippen molar-refractivity contribution in [2.45, 2.75) is 50.7 Å². The molecule has 1 aliphatic rings. The molecule has 0 spiro atoms. The van der Waals surface area contributed by atoms with Gasteiger partial charge in [0.15, 0.2) is 0 Å². The molecule has 1 aliphatic heterocycles. The number of hydrogen-bond acceptors (Lipinski definition) is 5. The highest BCUT2D eigenvalue weighted by molar-refractivity contribution is 6.35. The lowest BCUT2D eigenvalue weighted by molar-refractivity contribution is -0.140. The van der Waals surface area contributed by atoms with Crippen LogP contribution in [0.2, 0.25) is 10.0 Å². The predicted octanol–water partition coefficient (Wildman–Crippen LogP) is 4.54. The van der Waals surface area contributed by atoms with E-state index in [9.17, 15) is 18.8 Å². The second kappa shape index (κ2) is 15.3. The minimum absolute atomic E-state index is 0.139. The quantitative estimate of drug-likeness (QED) is 0.326. The average molecular weight is 629 g/mol. The van der Waals surface area contributed by atoms with E-state index in [1.807, 2.05) is 17.9 Å². The molecule has 3 aromatic rings. The van der Waals surface area contributed by atoms with E-state index in [1.165, 1.54) is 24.5 Å². The maximum atomic E-state index is 14.2. The smallest absolute Gasteiger partial charge is 0.252 e. The summed E-state index contributed by atoms with van der Waals surface area (Å²) in [6.45, 7) is 3.35. The van der Waals surface area contributed by atoms with E-state index in [1.54, 1.807) is 43.4 Å². The number of nitrogens with one attached hydrogen (secondary N) is 2. The molecule has 2 aromatic carbocycles. The minimum atomic E-state index is -0.875.